The van der Waals surface area contributed by atoms with E-state index in [1.807, 2.05) is 0 Å². The van der Waals surface area contributed by atoms with Gasteiger partial charge in [0.15, 0.2) is 17.5 Å². The molecule has 1 aromatic carbocycles. The zero-order chi connectivity index (χ0) is 19.4. The van der Waals surface area contributed by atoms with Crippen LogP contribution < -0.4 is 9.63 Å². The number of carbonyl (C=O) groups excluding carboxylic acids is 2. The van der Waals surface area contributed by atoms with E-state index in [1.54, 1.807) is 29.6 Å². The zero-order valence-corrected chi connectivity index (χ0v) is 15.7. The van der Waals surface area contributed by atoms with Gasteiger partial charge in [-0.15, -0.1) is 11.3 Å². The van der Waals surface area contributed by atoms with Crippen LogP contribution in [0.25, 0.3) is 0 Å². The number of rotatable bonds is 5. The van der Waals surface area contributed by atoms with Crippen LogP contribution in [0, 0.1) is 5.21 Å². The highest BCUT2D eigenvalue weighted by Crippen LogP contribution is 2.30. The van der Waals surface area contributed by atoms with E-state index in [4.69, 9.17) is 16.3 Å². The van der Waals surface area contributed by atoms with Crippen LogP contribution in [0.1, 0.15) is 23.0 Å². The predicted molar refractivity (Wildman–Crippen MR) is 101 cm³/mol. The van der Waals surface area contributed by atoms with Crippen molar-refractivity contribution in [3.8, 4) is 0 Å². The summed E-state index contributed by atoms with van der Waals surface area (Å²) >= 11 is 7.26. The Balaban J connectivity index is 1.72. The largest absolute Gasteiger partial charge is 0.619 e. The van der Waals surface area contributed by atoms with E-state index >= 15 is 0 Å². The van der Waals surface area contributed by atoms with Crippen molar-refractivity contribution in [2.24, 2.45) is 0 Å². The van der Waals surface area contributed by atoms with E-state index in [1.165, 1.54) is 47.7 Å². The van der Waals surface area contributed by atoms with Crippen LogP contribution in [0.5, 0.6) is 0 Å². The SMILES string of the molecule is CC(=O)N(c1cccc(Cl)c1)c1nc(COC(=O)c2cc[n+]([O-])cc2)cs1. The normalized spacial score (nSPS) is 10.4. The number of pyridine rings is 1. The molecule has 9 heteroatoms. The lowest BCUT2D eigenvalue weighted by molar-refractivity contribution is -0.605. The molecular weight excluding hydrogens is 390 g/mol. The minimum Gasteiger partial charge on any atom is -0.619 e. The third kappa shape index (κ3) is 4.60. The number of carbonyl (C=O) groups is 2. The van der Waals surface area contributed by atoms with E-state index in [9.17, 15) is 14.8 Å². The summed E-state index contributed by atoms with van der Waals surface area (Å²) in [6.45, 7) is 1.38. The highest BCUT2D eigenvalue weighted by atomic mass is 35.5. The molecule has 7 nitrogen and oxygen atoms in total. The van der Waals surface area contributed by atoms with Crippen LogP contribution in [0.4, 0.5) is 10.8 Å². The van der Waals surface area contributed by atoms with Crippen molar-refractivity contribution in [2.45, 2.75) is 13.5 Å². The van der Waals surface area contributed by atoms with E-state index < -0.39 is 5.97 Å². The van der Waals surface area contributed by atoms with Crippen LogP contribution in [0.3, 0.4) is 0 Å². The molecule has 1 amide bonds. The molecule has 0 radical (unpaired) electrons. The van der Waals surface area contributed by atoms with Gasteiger partial charge in [-0.1, -0.05) is 17.7 Å². The Hall–Kier alpha value is -2.97. The monoisotopic (exact) mass is 403 g/mol. The average molecular weight is 404 g/mol. The van der Waals surface area contributed by atoms with E-state index in [-0.39, 0.29) is 18.1 Å². The van der Waals surface area contributed by atoms with Crippen LogP contribution in [0.15, 0.2) is 54.2 Å². The van der Waals surface area contributed by atoms with Crippen molar-refractivity contribution in [2.75, 3.05) is 4.90 Å². The number of benzene rings is 1. The molecule has 0 atom stereocenters. The van der Waals surface area contributed by atoms with Gasteiger partial charge in [-0.2, -0.15) is 4.73 Å². The molecule has 0 aliphatic heterocycles. The Labute approximate surface area is 164 Å². The molecule has 0 aliphatic rings. The summed E-state index contributed by atoms with van der Waals surface area (Å²) in [5, 5.41) is 13.7. The fourth-order valence-corrected chi connectivity index (χ4v) is 3.34. The molecule has 0 N–H and O–H groups in total. The molecule has 0 saturated heterocycles. The van der Waals surface area contributed by atoms with Crippen molar-refractivity contribution >= 4 is 45.6 Å². The first-order chi connectivity index (χ1) is 12.9. The fraction of sp³-hybridized carbons (Fsp3) is 0.111. The summed E-state index contributed by atoms with van der Waals surface area (Å²) in [6, 6.07) is 9.63. The summed E-state index contributed by atoms with van der Waals surface area (Å²) in [5.41, 5.74) is 1.37. The molecule has 0 saturated carbocycles. The summed E-state index contributed by atoms with van der Waals surface area (Å²) < 4.78 is 5.78. The lowest BCUT2D eigenvalue weighted by Gasteiger charge is -2.18. The summed E-state index contributed by atoms with van der Waals surface area (Å²) in [5.74, 6) is -0.784. The first kappa shape index (κ1) is 18.8. The van der Waals surface area contributed by atoms with Gasteiger partial charge in [0, 0.05) is 29.5 Å². The molecule has 0 fully saturated rings. The Morgan fingerprint density at radius 3 is 2.70 bits per heavy atom. The van der Waals surface area contributed by atoms with Gasteiger partial charge in [-0.25, -0.2) is 9.78 Å². The Morgan fingerprint density at radius 2 is 2.04 bits per heavy atom. The van der Waals surface area contributed by atoms with Gasteiger partial charge >= 0.3 is 5.97 Å². The lowest BCUT2D eigenvalue weighted by atomic mass is 10.3. The number of anilines is 2. The molecule has 3 aromatic rings. The molecular formula is C18H14ClN3O4S. The molecule has 0 bridgehead atoms. The predicted octanol–water partition coefficient (Wildman–Crippen LogP) is 3.47. The minimum absolute atomic E-state index is 0.0527. The van der Waals surface area contributed by atoms with Crippen molar-refractivity contribution < 1.29 is 19.1 Å². The van der Waals surface area contributed by atoms with E-state index in [2.05, 4.69) is 4.98 Å². The number of nitrogens with zero attached hydrogens (tertiary/aromatic N) is 3. The summed E-state index contributed by atoms with van der Waals surface area (Å²) in [7, 11) is 0. The van der Waals surface area contributed by atoms with Crippen LogP contribution in [0.2, 0.25) is 5.02 Å². The molecule has 0 aliphatic carbocycles. The van der Waals surface area contributed by atoms with Gasteiger partial charge in [-0.05, 0) is 18.2 Å². The third-order valence-corrected chi connectivity index (χ3v) is 4.61. The maximum absolute atomic E-state index is 12.1. The van der Waals surface area contributed by atoms with Gasteiger partial charge in [-0.3, -0.25) is 9.69 Å². The fourth-order valence-electron chi connectivity index (χ4n) is 2.28. The summed E-state index contributed by atoms with van der Waals surface area (Å²) in [6.07, 6.45) is 2.43. The second-order valence-corrected chi connectivity index (χ2v) is 6.75. The Bertz CT molecular complexity index is 975. The maximum Gasteiger partial charge on any atom is 0.338 e. The van der Waals surface area contributed by atoms with Crippen LogP contribution >= 0.6 is 22.9 Å². The van der Waals surface area contributed by atoms with Crippen molar-refractivity contribution in [3.05, 3.63) is 75.7 Å². The van der Waals surface area contributed by atoms with Gasteiger partial charge in [0.1, 0.15) is 6.61 Å². The van der Waals surface area contributed by atoms with Gasteiger partial charge < -0.3 is 9.94 Å². The number of ether oxygens (including phenoxy) is 1. The number of hydrogen-bond donors (Lipinski definition) is 0. The molecule has 2 heterocycles. The van der Waals surface area contributed by atoms with Crippen molar-refractivity contribution in [1.29, 1.82) is 0 Å². The molecule has 0 unspecified atom stereocenters. The van der Waals surface area contributed by atoms with Crippen molar-refractivity contribution in [1.82, 2.24) is 4.98 Å². The molecule has 0 spiro atoms. The van der Waals surface area contributed by atoms with Gasteiger partial charge in [0.05, 0.1) is 16.9 Å². The molecule has 27 heavy (non-hydrogen) atoms. The minimum atomic E-state index is -0.566. The summed E-state index contributed by atoms with van der Waals surface area (Å²) in [4.78, 5) is 29.9. The Kier molecular flexibility index (Phi) is 5.68. The first-order valence-corrected chi connectivity index (χ1v) is 9.06. The molecule has 138 valence electrons. The highest BCUT2D eigenvalue weighted by molar-refractivity contribution is 7.14. The van der Waals surface area contributed by atoms with Gasteiger partial charge in [0.25, 0.3) is 0 Å². The smallest absolute Gasteiger partial charge is 0.338 e. The molecule has 2 aromatic heterocycles. The highest BCUT2D eigenvalue weighted by Gasteiger charge is 2.19. The number of amides is 1. The second kappa shape index (κ2) is 8.15. The molecule has 3 rings (SSSR count). The standard InChI is InChI=1S/C18H14ClN3O4S/c1-12(23)22(16-4-2-3-14(19)9-16)18-20-15(11-27-18)10-26-17(24)13-5-7-21(25)8-6-13/h2-9,11H,10H2,1H3. The average Bonchev–Trinajstić information content (AvgIpc) is 3.08. The second-order valence-electron chi connectivity index (χ2n) is 5.48. The van der Waals surface area contributed by atoms with Crippen LogP contribution in [-0.2, 0) is 16.1 Å². The maximum atomic E-state index is 12.1. The van der Waals surface area contributed by atoms with Crippen LogP contribution in [-0.4, -0.2) is 16.9 Å². The van der Waals surface area contributed by atoms with Crippen molar-refractivity contribution in [3.63, 3.8) is 0 Å². The van der Waals surface area contributed by atoms with E-state index in [0.717, 1.165) is 0 Å². The third-order valence-electron chi connectivity index (χ3n) is 3.50. The number of hydrogen-bond acceptors (Lipinski definition) is 6. The topological polar surface area (TPSA) is 86.4 Å². The first-order valence-electron chi connectivity index (χ1n) is 7.80. The number of halogens is 1. The quantitative estimate of drug-likeness (QED) is 0.370. The number of thiazole rings is 1. The lowest BCUT2D eigenvalue weighted by Crippen LogP contribution is -2.24. The number of esters is 1. The van der Waals surface area contributed by atoms with Gasteiger partial charge in [0.2, 0.25) is 5.91 Å². The number of aromatic nitrogens is 2. The zero-order valence-electron chi connectivity index (χ0n) is 14.2. The van der Waals surface area contributed by atoms with E-state index in [0.29, 0.717) is 26.3 Å². The Morgan fingerprint density at radius 1 is 1.30 bits per heavy atom.